The first kappa shape index (κ1) is 77.0. The van der Waals surface area contributed by atoms with Crippen molar-refractivity contribution < 1.29 is 93.6 Å². The van der Waals surface area contributed by atoms with Crippen LogP contribution in [0.25, 0.3) is 0 Å². The topological polar surface area (TPSA) is 538 Å². The molecular formula is C63H90N14O19. The zero-order valence-corrected chi connectivity index (χ0v) is 53.7. The number of hydrogen-bond donors (Lipinski definition) is 20. The van der Waals surface area contributed by atoms with Gasteiger partial charge in [-0.2, -0.15) is 0 Å². The predicted octanol–water partition coefficient (Wildman–Crippen LogP) is -5.13. The Kier molecular flexibility index (Phi) is 30.0. The number of nitrogens with zero attached hydrogens (tertiary/aromatic N) is 2. The number of phenolic OH excluding ortho intramolecular Hbond substituents is 3. The number of hydrogen-bond acceptors (Lipinski definition) is 20. The molecule has 2 saturated heterocycles. The molecule has 33 nitrogen and oxygen atoms in total. The lowest BCUT2D eigenvalue weighted by Crippen LogP contribution is -2.63. The highest BCUT2D eigenvalue weighted by atomic mass is 16.4. The zero-order chi connectivity index (χ0) is 70.9. The van der Waals surface area contributed by atoms with Gasteiger partial charge in [0.25, 0.3) is 0 Å². The molecule has 2 aliphatic heterocycles. The van der Waals surface area contributed by atoms with Gasteiger partial charge in [-0.05, 0) is 118 Å². The van der Waals surface area contributed by atoms with Gasteiger partial charge in [-0.3, -0.25) is 52.9 Å². The van der Waals surface area contributed by atoms with Gasteiger partial charge in [-0.25, -0.2) is 4.79 Å². The van der Waals surface area contributed by atoms with E-state index in [-0.39, 0.29) is 74.8 Å². The molecule has 0 saturated carbocycles. The monoisotopic (exact) mass is 1350 g/mol. The number of likely N-dealkylation sites (tertiary alicyclic amines) is 1. The summed E-state index contributed by atoms with van der Waals surface area (Å²) in [6.45, 7) is 4.20. The third kappa shape index (κ3) is 23.3. The molecule has 0 aliphatic carbocycles. The van der Waals surface area contributed by atoms with E-state index >= 15 is 0 Å². The van der Waals surface area contributed by atoms with Crippen LogP contribution >= 0.6 is 0 Å². The average Bonchev–Trinajstić information content (AvgIpc) is 1.53. The van der Waals surface area contributed by atoms with E-state index in [1.54, 1.807) is 13.8 Å². The molecule has 526 valence electrons. The van der Waals surface area contributed by atoms with Gasteiger partial charge in [-0.15, -0.1) is 0 Å². The van der Waals surface area contributed by atoms with Crippen LogP contribution in [-0.2, 0) is 72.0 Å². The average molecular weight is 1350 g/mol. The molecular weight excluding hydrogens is 1260 g/mol. The van der Waals surface area contributed by atoms with E-state index in [0.717, 1.165) is 18.2 Å². The van der Waals surface area contributed by atoms with Gasteiger partial charge < -0.3 is 110 Å². The molecule has 0 spiro atoms. The van der Waals surface area contributed by atoms with E-state index in [0.29, 0.717) is 36.1 Å². The number of aromatic hydroxyl groups is 3. The number of carboxylic acid groups (broad SMARTS) is 1. The number of rotatable bonds is 36. The minimum absolute atomic E-state index is 0.00344. The second-order valence-electron chi connectivity index (χ2n) is 23.8. The minimum Gasteiger partial charge on any atom is -0.508 e. The highest BCUT2D eigenvalue weighted by Crippen LogP contribution is 2.21. The zero-order valence-electron chi connectivity index (χ0n) is 53.7. The summed E-state index contributed by atoms with van der Waals surface area (Å²) < 4.78 is 0. The summed E-state index contributed by atoms with van der Waals surface area (Å²) in [4.78, 5) is 158. The molecule has 3 aromatic carbocycles. The lowest BCUT2D eigenvalue weighted by atomic mass is 9.97. The molecule has 0 unspecified atom stereocenters. The normalized spacial score (nSPS) is 18.1. The lowest BCUT2D eigenvalue weighted by molar-refractivity contribution is -0.144. The molecule has 3 aromatic rings. The van der Waals surface area contributed by atoms with Crippen LogP contribution < -0.4 is 64.6 Å². The number of carbonyl (C=O) groups is 11. The maximum atomic E-state index is 14.5. The van der Waals surface area contributed by atoms with Crippen molar-refractivity contribution in [2.45, 2.75) is 171 Å². The molecule has 10 amide bonds. The Morgan fingerprint density at radius 1 is 0.531 bits per heavy atom. The van der Waals surface area contributed by atoms with Gasteiger partial charge >= 0.3 is 5.97 Å². The first-order valence-corrected chi connectivity index (χ1v) is 31.5. The summed E-state index contributed by atoms with van der Waals surface area (Å²) in [6.07, 6.45) is -2.47. The van der Waals surface area contributed by atoms with E-state index < -0.39 is 169 Å². The highest BCUT2D eigenvalue weighted by Gasteiger charge is 2.42. The van der Waals surface area contributed by atoms with Crippen molar-refractivity contribution in [3.05, 3.63) is 89.5 Å². The van der Waals surface area contributed by atoms with Crippen LogP contribution in [-0.4, -0.2) is 228 Å². The maximum Gasteiger partial charge on any atom is 0.326 e. The van der Waals surface area contributed by atoms with Crippen LogP contribution in [0.2, 0.25) is 0 Å². The Labute approximate surface area is 553 Å². The molecule has 96 heavy (non-hydrogen) atoms. The summed E-state index contributed by atoms with van der Waals surface area (Å²) in [6, 6.07) is -0.437. The molecule has 22 N–H and O–H groups in total. The fourth-order valence-corrected chi connectivity index (χ4v) is 10.7. The van der Waals surface area contributed by atoms with Crippen LogP contribution in [0.3, 0.4) is 0 Å². The molecule has 0 radical (unpaired) electrons. The molecule has 2 aliphatic rings. The number of aliphatic imine (C=N–C) groups is 1. The number of guanidine groups is 1. The second kappa shape index (κ2) is 37.4. The fourth-order valence-electron chi connectivity index (χ4n) is 10.7. The van der Waals surface area contributed by atoms with Crippen molar-refractivity contribution in [1.82, 2.24) is 58.1 Å². The van der Waals surface area contributed by atoms with E-state index in [9.17, 15) is 93.6 Å². The van der Waals surface area contributed by atoms with E-state index in [1.165, 1.54) is 79.7 Å². The number of carboxylic acids is 1. The minimum atomic E-state index is -1.94. The first-order chi connectivity index (χ1) is 45.5. The smallest absolute Gasteiger partial charge is 0.326 e. The van der Waals surface area contributed by atoms with Crippen LogP contribution in [0.1, 0.15) is 89.3 Å². The van der Waals surface area contributed by atoms with Gasteiger partial charge in [0.15, 0.2) is 5.96 Å². The quantitative estimate of drug-likeness (QED) is 0.0147. The number of carbonyl (C=O) groups excluding carboxylic acids is 10. The van der Waals surface area contributed by atoms with Crippen molar-refractivity contribution in [3.8, 4) is 17.2 Å². The summed E-state index contributed by atoms with van der Waals surface area (Å²) >= 11 is 0. The largest absolute Gasteiger partial charge is 0.508 e. The molecule has 33 heteroatoms. The number of phenols is 3. The van der Waals surface area contributed by atoms with Gasteiger partial charge in [-0.1, -0.05) is 56.7 Å². The Hall–Kier alpha value is -9.70. The SMILES string of the molecule is CC[C@H](C)[C@H](NC(=O)[C@@H](NC(=O)[C@@H]1CCCN1)[C@@H](C)O)C(=O)N[C@@H](CO)C(=O)N1CCC[C@H]1C(=O)N[C@@H](CO)C(=O)N[C@@H](Cc1ccc(O)cc1)C(=O)N[C@H](C(=O)N[C@@H](Cc1ccc(O)cc1)C(=O)N[C@@H](Cc1ccc(O)cc1)C(=O)N[C@@H](CCCN=C(N)N)C(=O)O)[C@@H](C)O. The summed E-state index contributed by atoms with van der Waals surface area (Å²) in [5.74, 6) is -12.5. The van der Waals surface area contributed by atoms with Gasteiger partial charge in [0.1, 0.15) is 77.7 Å². The Morgan fingerprint density at radius 2 is 0.948 bits per heavy atom. The Balaban J connectivity index is 1.34. The fraction of sp³-hybridized carbons (Fsp3) is 0.524. The standard InChI is InChI=1S/C63H90N14O19/c1-5-32(2)49(74-60(93)51(34(4)81)75-52(85)41-9-6-24-66-41)58(91)73-47(31-79)61(94)77-26-8-11-48(77)57(90)72-46(30-78)56(89)70-45(29-37-16-22-40(84)23-17-37)55(88)76-50(33(3)80)59(92)71-44(28-36-14-20-39(83)21-15-36)54(87)69-43(27-35-12-18-38(82)19-13-35)53(86)68-42(62(95)96)10-7-25-67-63(64)65/h12-23,32-34,41-51,66,78-84H,5-11,24-31H2,1-4H3,(H,68,86)(H,69,87)(H,70,89)(H,71,92)(H,72,90)(H,73,91)(H,74,93)(H,75,85)(H,76,88)(H,95,96)(H4,64,65,67)/t32-,33+,34+,41-,42-,43-,44-,45-,46-,47-,48-,49-,50-,51-/m0/s1. The molecule has 0 bridgehead atoms. The van der Waals surface area contributed by atoms with Crippen molar-refractivity contribution in [2.75, 3.05) is 32.8 Å². The third-order valence-electron chi connectivity index (χ3n) is 16.3. The molecule has 14 atom stereocenters. The molecule has 0 aromatic heterocycles. The number of aliphatic hydroxyl groups excluding tert-OH is 4. The van der Waals surface area contributed by atoms with Gasteiger partial charge in [0.2, 0.25) is 59.1 Å². The third-order valence-corrected chi connectivity index (χ3v) is 16.3. The number of aliphatic hydroxyl groups is 4. The van der Waals surface area contributed by atoms with Gasteiger partial charge in [0.05, 0.1) is 31.5 Å². The van der Waals surface area contributed by atoms with Crippen LogP contribution in [0.15, 0.2) is 77.8 Å². The highest BCUT2D eigenvalue weighted by molar-refractivity contribution is 5.99. The van der Waals surface area contributed by atoms with Gasteiger partial charge in [0, 0.05) is 32.4 Å². The summed E-state index contributed by atoms with van der Waals surface area (Å²) in [7, 11) is 0. The molecule has 5 rings (SSSR count). The summed E-state index contributed by atoms with van der Waals surface area (Å²) in [5.41, 5.74) is 11.8. The number of benzene rings is 3. The van der Waals surface area contributed by atoms with E-state index in [2.05, 4.69) is 58.2 Å². The number of amides is 10. The van der Waals surface area contributed by atoms with Crippen molar-refractivity contribution in [1.29, 1.82) is 0 Å². The Bertz CT molecular complexity index is 3180. The number of aliphatic carboxylic acids is 1. The molecule has 2 fully saturated rings. The predicted molar refractivity (Wildman–Crippen MR) is 343 cm³/mol. The maximum absolute atomic E-state index is 14.5. The van der Waals surface area contributed by atoms with Crippen molar-refractivity contribution in [3.63, 3.8) is 0 Å². The lowest BCUT2D eigenvalue weighted by Gasteiger charge is -2.31. The number of nitrogens with two attached hydrogens (primary N) is 2. The van der Waals surface area contributed by atoms with Crippen LogP contribution in [0.5, 0.6) is 17.2 Å². The van der Waals surface area contributed by atoms with E-state index in [4.69, 9.17) is 11.5 Å². The van der Waals surface area contributed by atoms with Crippen molar-refractivity contribution >= 4 is 71.0 Å². The van der Waals surface area contributed by atoms with Crippen LogP contribution in [0, 0.1) is 5.92 Å². The Morgan fingerprint density at radius 3 is 1.39 bits per heavy atom. The van der Waals surface area contributed by atoms with Crippen LogP contribution in [0.4, 0.5) is 0 Å². The number of nitrogens with one attached hydrogen (secondary N) is 10. The van der Waals surface area contributed by atoms with Crippen molar-refractivity contribution in [2.24, 2.45) is 22.4 Å². The molecule has 2 heterocycles. The van der Waals surface area contributed by atoms with E-state index in [1.807, 2.05) is 0 Å². The summed E-state index contributed by atoms with van der Waals surface area (Å²) in [5, 5.41) is 108. The first-order valence-electron chi connectivity index (χ1n) is 31.5. The second-order valence-corrected chi connectivity index (χ2v) is 23.8.